The fraction of sp³-hybridized carbons (Fsp3) is 0.857. The number of hydrogen-bond acceptors (Lipinski definition) is 4. The maximum absolute atomic E-state index is 10.6. The van der Waals surface area contributed by atoms with Crippen molar-refractivity contribution >= 4 is 17.7 Å². The lowest BCUT2D eigenvalue weighted by atomic mass is 10.3. The zero-order chi connectivity index (χ0) is 9.40. The van der Waals surface area contributed by atoms with Gasteiger partial charge in [0, 0.05) is 18.2 Å². The number of carbonyl (C=O) groups excluding carboxylic acids is 1. The molecule has 1 amide bonds. The van der Waals surface area contributed by atoms with E-state index >= 15 is 0 Å². The predicted octanol–water partition coefficient (Wildman–Crippen LogP) is -0.163. The summed E-state index contributed by atoms with van der Waals surface area (Å²) in [7, 11) is 0. The van der Waals surface area contributed by atoms with E-state index in [0.717, 1.165) is 17.9 Å². The molecule has 1 atom stereocenters. The van der Waals surface area contributed by atoms with Crippen LogP contribution in [0, 0.1) is 0 Å². The van der Waals surface area contributed by atoms with Gasteiger partial charge in [0.05, 0.1) is 0 Å². The minimum absolute atomic E-state index is 0.108. The first kappa shape index (κ1) is 11.7. The standard InChI is InChI=1S/C7H17N3OS/c1-6(8)2-4-12-5-3-7(11)10-9/h6H,2-5,8-9H2,1H3,(H,10,11). The van der Waals surface area contributed by atoms with Crippen LogP contribution in [-0.4, -0.2) is 23.5 Å². The molecule has 0 aliphatic heterocycles. The van der Waals surface area contributed by atoms with Gasteiger partial charge in [-0.15, -0.1) is 0 Å². The van der Waals surface area contributed by atoms with E-state index in [1.54, 1.807) is 11.8 Å². The summed E-state index contributed by atoms with van der Waals surface area (Å²) in [6.07, 6.45) is 1.48. The van der Waals surface area contributed by atoms with Gasteiger partial charge in [-0.3, -0.25) is 10.2 Å². The second-order valence-electron chi connectivity index (χ2n) is 2.70. The summed E-state index contributed by atoms with van der Waals surface area (Å²) in [5.41, 5.74) is 7.64. The van der Waals surface area contributed by atoms with Gasteiger partial charge >= 0.3 is 0 Å². The number of rotatable bonds is 6. The van der Waals surface area contributed by atoms with E-state index in [2.05, 4.69) is 5.43 Å². The molecule has 0 fully saturated rings. The molecule has 0 aliphatic rings. The first-order valence-electron chi connectivity index (χ1n) is 3.99. The average Bonchev–Trinajstić information content (AvgIpc) is 2.03. The molecule has 0 rings (SSSR count). The number of thioether (sulfide) groups is 1. The van der Waals surface area contributed by atoms with E-state index in [-0.39, 0.29) is 11.9 Å². The van der Waals surface area contributed by atoms with Gasteiger partial charge in [0.1, 0.15) is 0 Å². The van der Waals surface area contributed by atoms with E-state index in [0.29, 0.717) is 6.42 Å². The van der Waals surface area contributed by atoms with Crippen LogP contribution in [0.15, 0.2) is 0 Å². The van der Waals surface area contributed by atoms with Crippen molar-refractivity contribution in [2.24, 2.45) is 11.6 Å². The normalized spacial score (nSPS) is 12.6. The lowest BCUT2D eigenvalue weighted by Crippen LogP contribution is -2.30. The van der Waals surface area contributed by atoms with Crippen molar-refractivity contribution < 1.29 is 4.79 Å². The Balaban J connectivity index is 3.05. The minimum Gasteiger partial charge on any atom is -0.328 e. The van der Waals surface area contributed by atoms with Crippen LogP contribution < -0.4 is 17.0 Å². The smallest absolute Gasteiger partial charge is 0.234 e. The van der Waals surface area contributed by atoms with Crippen LogP contribution in [0.3, 0.4) is 0 Å². The molecule has 1 unspecified atom stereocenters. The van der Waals surface area contributed by atoms with Crippen molar-refractivity contribution in [2.75, 3.05) is 11.5 Å². The molecule has 5 N–H and O–H groups in total. The first-order chi connectivity index (χ1) is 5.66. The highest BCUT2D eigenvalue weighted by molar-refractivity contribution is 7.99. The SMILES string of the molecule is CC(N)CCSCCC(=O)NN. The molecule has 0 saturated carbocycles. The molecule has 72 valence electrons. The van der Waals surface area contributed by atoms with Gasteiger partial charge in [-0.1, -0.05) is 0 Å². The second-order valence-corrected chi connectivity index (χ2v) is 3.92. The van der Waals surface area contributed by atoms with Gasteiger partial charge in [0.15, 0.2) is 0 Å². The van der Waals surface area contributed by atoms with Crippen LogP contribution in [0.1, 0.15) is 19.8 Å². The fourth-order valence-electron chi connectivity index (χ4n) is 0.608. The van der Waals surface area contributed by atoms with E-state index in [9.17, 15) is 4.79 Å². The number of amides is 1. The molecular formula is C7H17N3OS. The number of nitrogens with two attached hydrogens (primary N) is 2. The molecule has 0 aromatic heterocycles. The summed E-state index contributed by atoms with van der Waals surface area (Å²) in [5, 5.41) is 0. The topological polar surface area (TPSA) is 81.1 Å². The Morgan fingerprint density at radius 1 is 1.58 bits per heavy atom. The molecule has 12 heavy (non-hydrogen) atoms. The monoisotopic (exact) mass is 191 g/mol. The maximum Gasteiger partial charge on any atom is 0.234 e. The summed E-state index contributed by atoms with van der Waals surface area (Å²) in [5.74, 6) is 6.62. The Hall–Kier alpha value is -0.260. The summed E-state index contributed by atoms with van der Waals surface area (Å²) in [6, 6.07) is 0.251. The Morgan fingerprint density at radius 2 is 2.25 bits per heavy atom. The maximum atomic E-state index is 10.6. The van der Waals surface area contributed by atoms with Crippen LogP contribution in [0.2, 0.25) is 0 Å². The first-order valence-corrected chi connectivity index (χ1v) is 5.15. The summed E-state index contributed by atoms with van der Waals surface area (Å²) in [4.78, 5) is 10.6. The molecule has 0 saturated heterocycles. The third kappa shape index (κ3) is 7.84. The molecular weight excluding hydrogens is 174 g/mol. The summed E-state index contributed by atoms with van der Waals surface area (Å²) < 4.78 is 0. The zero-order valence-electron chi connectivity index (χ0n) is 7.38. The number of hydrazine groups is 1. The van der Waals surface area contributed by atoms with Crippen molar-refractivity contribution in [1.29, 1.82) is 0 Å². The third-order valence-electron chi connectivity index (χ3n) is 1.35. The molecule has 0 heterocycles. The van der Waals surface area contributed by atoms with Crippen molar-refractivity contribution in [1.82, 2.24) is 5.43 Å². The van der Waals surface area contributed by atoms with E-state index in [1.165, 1.54) is 0 Å². The molecule has 0 aromatic carbocycles. The van der Waals surface area contributed by atoms with E-state index in [1.807, 2.05) is 6.92 Å². The molecule has 5 heteroatoms. The number of nitrogens with one attached hydrogen (secondary N) is 1. The lowest BCUT2D eigenvalue weighted by molar-refractivity contribution is -0.120. The van der Waals surface area contributed by atoms with Crippen LogP contribution >= 0.6 is 11.8 Å². The fourth-order valence-corrected chi connectivity index (χ4v) is 1.68. The van der Waals surface area contributed by atoms with Gasteiger partial charge in [-0.2, -0.15) is 11.8 Å². The van der Waals surface area contributed by atoms with Crippen molar-refractivity contribution in [3.63, 3.8) is 0 Å². The van der Waals surface area contributed by atoms with Crippen molar-refractivity contribution in [3.05, 3.63) is 0 Å². The van der Waals surface area contributed by atoms with Crippen LogP contribution in [-0.2, 0) is 4.79 Å². The molecule has 0 bridgehead atoms. The Bertz CT molecular complexity index is 130. The molecule has 4 nitrogen and oxygen atoms in total. The molecule has 0 radical (unpaired) electrons. The van der Waals surface area contributed by atoms with Gasteiger partial charge in [0.25, 0.3) is 0 Å². The number of carbonyl (C=O) groups is 1. The minimum atomic E-state index is -0.108. The zero-order valence-corrected chi connectivity index (χ0v) is 8.19. The molecule has 0 aromatic rings. The van der Waals surface area contributed by atoms with Gasteiger partial charge in [-0.25, -0.2) is 5.84 Å². The van der Waals surface area contributed by atoms with Crippen LogP contribution in [0.25, 0.3) is 0 Å². The van der Waals surface area contributed by atoms with Crippen LogP contribution in [0.5, 0.6) is 0 Å². The molecule has 0 spiro atoms. The third-order valence-corrected chi connectivity index (χ3v) is 2.37. The van der Waals surface area contributed by atoms with Gasteiger partial charge in [0.2, 0.25) is 5.91 Å². The highest BCUT2D eigenvalue weighted by Gasteiger charge is 1.98. The highest BCUT2D eigenvalue weighted by atomic mass is 32.2. The number of hydrogen-bond donors (Lipinski definition) is 3. The highest BCUT2D eigenvalue weighted by Crippen LogP contribution is 2.05. The quantitative estimate of drug-likeness (QED) is 0.236. The van der Waals surface area contributed by atoms with Crippen molar-refractivity contribution in [3.8, 4) is 0 Å². The Labute approximate surface area is 77.4 Å². The summed E-state index contributed by atoms with van der Waals surface area (Å²) >= 11 is 1.73. The van der Waals surface area contributed by atoms with Gasteiger partial charge < -0.3 is 5.73 Å². The summed E-state index contributed by atoms with van der Waals surface area (Å²) in [6.45, 7) is 1.98. The van der Waals surface area contributed by atoms with Gasteiger partial charge in [-0.05, 0) is 19.1 Å². The van der Waals surface area contributed by atoms with E-state index < -0.39 is 0 Å². The van der Waals surface area contributed by atoms with Crippen molar-refractivity contribution in [2.45, 2.75) is 25.8 Å². The lowest BCUT2D eigenvalue weighted by Gasteiger charge is -2.03. The van der Waals surface area contributed by atoms with E-state index in [4.69, 9.17) is 11.6 Å². The average molecular weight is 191 g/mol. The van der Waals surface area contributed by atoms with Crippen LogP contribution in [0.4, 0.5) is 0 Å². The Morgan fingerprint density at radius 3 is 2.75 bits per heavy atom. The second kappa shape index (κ2) is 7.39. The largest absolute Gasteiger partial charge is 0.328 e. The Kier molecular flexibility index (Phi) is 7.23. The molecule has 0 aliphatic carbocycles. The predicted molar refractivity (Wildman–Crippen MR) is 52.5 cm³/mol.